The molecule has 1 aromatic rings. The highest BCUT2D eigenvalue weighted by molar-refractivity contribution is 5.96. The zero-order chi connectivity index (χ0) is 18.9. The molecule has 1 spiro atoms. The number of hydrogen-bond donors (Lipinski definition) is 1. The summed E-state index contributed by atoms with van der Waals surface area (Å²) < 4.78 is 0. The molecule has 1 aromatic carbocycles. The Hall–Kier alpha value is -2.37. The molecule has 144 valence electrons. The number of nitrogens with one attached hydrogen (secondary N) is 1. The molecule has 4 rings (SSSR count). The highest BCUT2D eigenvalue weighted by Crippen LogP contribution is 2.31. The molecule has 27 heavy (non-hydrogen) atoms. The van der Waals surface area contributed by atoms with Gasteiger partial charge < -0.3 is 15.1 Å². The van der Waals surface area contributed by atoms with Gasteiger partial charge in [-0.25, -0.2) is 0 Å². The molecule has 6 heteroatoms. The molecule has 6 nitrogen and oxygen atoms in total. The van der Waals surface area contributed by atoms with E-state index in [1.54, 1.807) is 0 Å². The van der Waals surface area contributed by atoms with Crippen molar-refractivity contribution in [2.45, 2.75) is 50.5 Å². The van der Waals surface area contributed by atoms with Crippen molar-refractivity contribution in [1.82, 2.24) is 15.1 Å². The molecule has 0 saturated carbocycles. The van der Waals surface area contributed by atoms with E-state index in [0.29, 0.717) is 38.9 Å². The number of amides is 3. The lowest BCUT2D eigenvalue weighted by molar-refractivity contribution is -0.132. The van der Waals surface area contributed by atoms with Crippen LogP contribution in [-0.2, 0) is 16.0 Å². The Balaban J connectivity index is 1.32. The SMILES string of the molecule is O=C1N[C@@]2(CCc3ccccc31)CCN(C(=O)CCCN1CCCC1=O)C2. The van der Waals surface area contributed by atoms with Gasteiger partial charge in [0.2, 0.25) is 11.8 Å². The van der Waals surface area contributed by atoms with Crippen molar-refractivity contribution in [2.75, 3.05) is 26.2 Å². The lowest BCUT2D eigenvalue weighted by atomic mass is 9.91. The zero-order valence-electron chi connectivity index (χ0n) is 15.7. The second kappa shape index (κ2) is 7.33. The molecular weight excluding hydrogens is 342 g/mol. The number of fused-ring (bicyclic) bond motifs is 1. The maximum Gasteiger partial charge on any atom is 0.252 e. The first kappa shape index (κ1) is 18.0. The summed E-state index contributed by atoms with van der Waals surface area (Å²) in [7, 11) is 0. The second-order valence-corrected chi connectivity index (χ2v) is 8.04. The van der Waals surface area contributed by atoms with E-state index in [1.807, 2.05) is 34.1 Å². The highest BCUT2D eigenvalue weighted by atomic mass is 16.2. The van der Waals surface area contributed by atoms with Gasteiger partial charge in [-0.15, -0.1) is 0 Å². The number of nitrogens with zero attached hydrogens (tertiary/aromatic N) is 2. The van der Waals surface area contributed by atoms with E-state index < -0.39 is 0 Å². The van der Waals surface area contributed by atoms with Crippen molar-refractivity contribution in [2.24, 2.45) is 0 Å². The van der Waals surface area contributed by atoms with Crippen LogP contribution in [0.5, 0.6) is 0 Å². The maximum atomic E-state index is 12.6. The topological polar surface area (TPSA) is 69.7 Å². The van der Waals surface area contributed by atoms with E-state index in [0.717, 1.165) is 43.4 Å². The predicted octanol–water partition coefficient (Wildman–Crippen LogP) is 1.74. The normalized spacial score (nSPS) is 24.9. The van der Waals surface area contributed by atoms with Crippen LogP contribution < -0.4 is 5.32 Å². The number of aryl methyl sites for hydroxylation is 1. The molecule has 0 aliphatic carbocycles. The lowest BCUT2D eigenvalue weighted by Crippen LogP contribution is -2.50. The summed E-state index contributed by atoms with van der Waals surface area (Å²) in [6.45, 7) is 2.79. The monoisotopic (exact) mass is 369 g/mol. The van der Waals surface area contributed by atoms with E-state index in [-0.39, 0.29) is 23.3 Å². The van der Waals surface area contributed by atoms with Gasteiger partial charge >= 0.3 is 0 Å². The second-order valence-electron chi connectivity index (χ2n) is 8.04. The molecule has 1 atom stereocenters. The Bertz CT molecular complexity index is 763. The van der Waals surface area contributed by atoms with E-state index in [1.165, 1.54) is 0 Å². The van der Waals surface area contributed by atoms with Gasteiger partial charge in [0.05, 0.1) is 5.54 Å². The molecule has 3 amide bonds. The molecule has 3 heterocycles. The number of carbonyl (C=O) groups is 3. The molecule has 0 aromatic heterocycles. The average Bonchev–Trinajstić information content (AvgIpc) is 3.23. The van der Waals surface area contributed by atoms with Crippen molar-refractivity contribution < 1.29 is 14.4 Å². The van der Waals surface area contributed by atoms with Crippen LogP contribution >= 0.6 is 0 Å². The molecule has 1 N–H and O–H groups in total. The molecule has 2 saturated heterocycles. The minimum absolute atomic E-state index is 0.0232. The van der Waals surface area contributed by atoms with Crippen molar-refractivity contribution in [3.8, 4) is 0 Å². The summed E-state index contributed by atoms with van der Waals surface area (Å²) in [6, 6.07) is 7.76. The van der Waals surface area contributed by atoms with Crippen LogP contribution in [-0.4, -0.2) is 59.2 Å². The maximum absolute atomic E-state index is 12.6. The molecule has 3 aliphatic rings. The summed E-state index contributed by atoms with van der Waals surface area (Å²) in [5.74, 6) is 0.322. The molecule has 0 unspecified atom stereocenters. The first-order valence-electron chi connectivity index (χ1n) is 10.0. The molecule has 0 radical (unpaired) electrons. The smallest absolute Gasteiger partial charge is 0.252 e. The van der Waals surface area contributed by atoms with Crippen LogP contribution in [0.15, 0.2) is 24.3 Å². The van der Waals surface area contributed by atoms with Gasteiger partial charge in [-0.1, -0.05) is 18.2 Å². The minimum Gasteiger partial charge on any atom is -0.345 e. The van der Waals surface area contributed by atoms with Gasteiger partial charge in [0.1, 0.15) is 0 Å². The van der Waals surface area contributed by atoms with Crippen LogP contribution in [0.1, 0.15) is 54.4 Å². The largest absolute Gasteiger partial charge is 0.345 e. The van der Waals surface area contributed by atoms with Crippen LogP contribution in [0.2, 0.25) is 0 Å². The Morgan fingerprint density at radius 1 is 1.11 bits per heavy atom. The Labute approximate surface area is 159 Å². The highest BCUT2D eigenvalue weighted by Gasteiger charge is 2.42. The third-order valence-corrected chi connectivity index (χ3v) is 6.21. The zero-order valence-corrected chi connectivity index (χ0v) is 15.7. The minimum atomic E-state index is -0.309. The number of likely N-dealkylation sites (tertiary alicyclic amines) is 2. The van der Waals surface area contributed by atoms with Crippen LogP contribution in [0, 0.1) is 0 Å². The third-order valence-electron chi connectivity index (χ3n) is 6.21. The number of benzene rings is 1. The Morgan fingerprint density at radius 2 is 1.96 bits per heavy atom. The van der Waals surface area contributed by atoms with E-state index in [9.17, 15) is 14.4 Å². The quantitative estimate of drug-likeness (QED) is 0.879. The number of hydrogen-bond acceptors (Lipinski definition) is 3. The van der Waals surface area contributed by atoms with Crippen molar-refractivity contribution in [1.29, 1.82) is 0 Å². The van der Waals surface area contributed by atoms with Gasteiger partial charge in [-0.2, -0.15) is 0 Å². The summed E-state index contributed by atoms with van der Waals surface area (Å²) in [4.78, 5) is 40.7. The van der Waals surface area contributed by atoms with Crippen molar-refractivity contribution in [3.05, 3.63) is 35.4 Å². The molecular formula is C21H27N3O3. The predicted molar refractivity (Wildman–Crippen MR) is 101 cm³/mol. The van der Waals surface area contributed by atoms with Crippen molar-refractivity contribution >= 4 is 17.7 Å². The fourth-order valence-electron chi connectivity index (χ4n) is 4.62. The summed E-state index contributed by atoms with van der Waals surface area (Å²) in [5, 5.41) is 3.22. The van der Waals surface area contributed by atoms with Gasteiger partial charge in [-0.05, 0) is 43.7 Å². The fraction of sp³-hybridized carbons (Fsp3) is 0.571. The Kier molecular flexibility index (Phi) is 4.89. The first-order chi connectivity index (χ1) is 13.1. The van der Waals surface area contributed by atoms with E-state index in [4.69, 9.17) is 0 Å². The first-order valence-corrected chi connectivity index (χ1v) is 10.0. The average molecular weight is 369 g/mol. The third kappa shape index (κ3) is 3.70. The Morgan fingerprint density at radius 3 is 2.78 bits per heavy atom. The van der Waals surface area contributed by atoms with Gasteiger partial charge in [-0.3, -0.25) is 14.4 Å². The lowest BCUT2D eigenvalue weighted by Gasteiger charge is -2.29. The van der Waals surface area contributed by atoms with Gasteiger partial charge in [0, 0.05) is 44.6 Å². The summed E-state index contributed by atoms with van der Waals surface area (Å²) >= 11 is 0. The fourth-order valence-corrected chi connectivity index (χ4v) is 4.62. The van der Waals surface area contributed by atoms with E-state index in [2.05, 4.69) is 5.32 Å². The van der Waals surface area contributed by atoms with Gasteiger partial charge in [0.25, 0.3) is 5.91 Å². The summed E-state index contributed by atoms with van der Waals surface area (Å²) in [6.07, 6.45) is 5.28. The molecule has 0 bridgehead atoms. The van der Waals surface area contributed by atoms with Crippen molar-refractivity contribution in [3.63, 3.8) is 0 Å². The molecule has 2 fully saturated rings. The summed E-state index contributed by atoms with van der Waals surface area (Å²) in [5.41, 5.74) is 1.54. The van der Waals surface area contributed by atoms with E-state index >= 15 is 0 Å². The standard InChI is InChI=1S/C21H27N3O3/c25-18-7-3-12-23(18)13-4-8-19(26)24-14-11-21(15-24)10-9-16-5-1-2-6-17(16)20(27)22-21/h1-2,5-6H,3-4,7-15H2,(H,22,27)/t21-/m0/s1. The van der Waals surface area contributed by atoms with Gasteiger partial charge in [0.15, 0.2) is 0 Å². The van der Waals surface area contributed by atoms with Crippen LogP contribution in [0.3, 0.4) is 0 Å². The van der Waals surface area contributed by atoms with Crippen LogP contribution in [0.25, 0.3) is 0 Å². The van der Waals surface area contributed by atoms with Crippen LogP contribution in [0.4, 0.5) is 0 Å². The number of rotatable bonds is 4. The number of carbonyl (C=O) groups excluding carboxylic acids is 3. The molecule has 3 aliphatic heterocycles.